The summed E-state index contributed by atoms with van der Waals surface area (Å²) in [4.78, 5) is 15.2. The second-order valence-corrected chi connectivity index (χ2v) is 13.3. The van der Waals surface area contributed by atoms with Crippen molar-refractivity contribution in [3.8, 4) is 22.6 Å². The van der Waals surface area contributed by atoms with Gasteiger partial charge >= 0.3 is 5.97 Å². The van der Waals surface area contributed by atoms with E-state index in [0.717, 1.165) is 87.4 Å². The van der Waals surface area contributed by atoms with E-state index in [1.807, 2.05) is 97.0 Å². The van der Waals surface area contributed by atoms with Crippen LogP contribution >= 0.6 is 0 Å². The van der Waals surface area contributed by atoms with Crippen LogP contribution < -0.4 is 19.7 Å². The molecule has 0 aliphatic carbocycles. The van der Waals surface area contributed by atoms with Crippen molar-refractivity contribution < 1.29 is 24.1 Å². The number of carboxylic acids is 1. The average Bonchev–Trinajstić information content (AvgIpc) is 3.66. The first-order valence-corrected chi connectivity index (χ1v) is 18.3. The summed E-state index contributed by atoms with van der Waals surface area (Å²) >= 11 is 0. The van der Waals surface area contributed by atoms with Crippen molar-refractivity contribution in [2.75, 3.05) is 44.3 Å². The van der Waals surface area contributed by atoms with Crippen molar-refractivity contribution >= 4 is 33.3 Å². The normalized spacial score (nSPS) is 13.4. The highest BCUT2D eigenvalue weighted by atomic mass is 16.5. The number of anilines is 1. The molecule has 10 heteroatoms. The molecule has 4 aromatic carbocycles. The molecule has 53 heavy (non-hydrogen) atoms. The van der Waals surface area contributed by atoms with Crippen LogP contribution in [-0.4, -0.2) is 64.8 Å². The van der Waals surface area contributed by atoms with Gasteiger partial charge in [0.15, 0.2) is 0 Å². The topological polar surface area (TPSA) is 103 Å². The van der Waals surface area contributed by atoms with Crippen molar-refractivity contribution in [1.29, 1.82) is 0 Å². The molecule has 1 saturated heterocycles. The lowest BCUT2D eigenvalue weighted by Gasteiger charge is -2.29. The fraction of sp³-hybridized carbons (Fsp3) is 0.302. The van der Waals surface area contributed by atoms with Crippen LogP contribution in [0.25, 0.3) is 32.8 Å². The van der Waals surface area contributed by atoms with Crippen LogP contribution in [0.2, 0.25) is 0 Å². The first-order chi connectivity index (χ1) is 25.9. The van der Waals surface area contributed by atoms with Crippen molar-refractivity contribution in [2.45, 2.75) is 33.0 Å². The van der Waals surface area contributed by atoms with Gasteiger partial charge in [0, 0.05) is 67.9 Å². The maximum atomic E-state index is 12.9. The number of aryl methyl sites for hydroxylation is 3. The number of carbonyl (C=O) groups is 1. The molecule has 10 nitrogen and oxygen atoms in total. The number of carboxylic acid groups (broad SMARTS) is 1. The van der Waals surface area contributed by atoms with Crippen LogP contribution in [0, 0.1) is 0 Å². The summed E-state index contributed by atoms with van der Waals surface area (Å²) in [5.74, 6) is 0.617. The highest BCUT2D eigenvalue weighted by Crippen LogP contribution is 2.38. The molecule has 0 spiro atoms. The minimum Gasteiger partial charge on any atom is -0.493 e. The molecule has 2 N–H and O–H groups in total. The number of benzene rings is 4. The second-order valence-electron chi connectivity index (χ2n) is 13.3. The van der Waals surface area contributed by atoms with E-state index in [0.29, 0.717) is 32.7 Å². The van der Waals surface area contributed by atoms with E-state index in [-0.39, 0.29) is 12.3 Å². The van der Waals surface area contributed by atoms with Gasteiger partial charge < -0.3 is 34.1 Å². The summed E-state index contributed by atoms with van der Waals surface area (Å²) in [7, 11) is 3.75. The van der Waals surface area contributed by atoms with E-state index in [1.54, 1.807) is 0 Å². The minimum atomic E-state index is -0.964. The third kappa shape index (κ3) is 7.65. The molecule has 0 radical (unpaired) electrons. The van der Waals surface area contributed by atoms with E-state index in [4.69, 9.17) is 19.3 Å². The fourth-order valence-electron chi connectivity index (χ4n) is 7.42. The molecule has 0 atom stereocenters. The van der Waals surface area contributed by atoms with Crippen LogP contribution in [0.3, 0.4) is 0 Å². The third-order valence-electron chi connectivity index (χ3n) is 9.99. The van der Waals surface area contributed by atoms with Gasteiger partial charge in [0.25, 0.3) is 0 Å². The zero-order valence-electron chi connectivity index (χ0n) is 30.7. The smallest absolute Gasteiger partial charge is 0.352 e. The molecular weight excluding hydrogens is 667 g/mol. The molecule has 3 heterocycles. The predicted molar refractivity (Wildman–Crippen MR) is 210 cm³/mol. The molecule has 0 amide bonds. The molecule has 0 bridgehead atoms. The van der Waals surface area contributed by atoms with Gasteiger partial charge in [-0.2, -0.15) is 5.10 Å². The van der Waals surface area contributed by atoms with E-state index < -0.39 is 5.97 Å². The molecule has 1 aliphatic heterocycles. The number of aromatic nitrogens is 3. The van der Waals surface area contributed by atoms with Gasteiger partial charge in [-0.05, 0) is 61.0 Å². The lowest BCUT2D eigenvalue weighted by molar-refractivity contribution is 0.0685. The Bertz CT molecular complexity index is 2220. The number of nitrogens with zero attached hydrogens (tertiary/aromatic N) is 4. The van der Waals surface area contributed by atoms with E-state index in [2.05, 4.69) is 40.5 Å². The lowest BCUT2D eigenvalue weighted by Crippen LogP contribution is -2.43. The molecule has 7 rings (SSSR count). The quantitative estimate of drug-likeness (QED) is 0.0833. The van der Waals surface area contributed by atoms with Crippen molar-refractivity contribution in [1.82, 2.24) is 19.7 Å². The molecule has 0 saturated carbocycles. The summed E-state index contributed by atoms with van der Waals surface area (Å²) in [6, 6.07) is 28.5. The van der Waals surface area contributed by atoms with Crippen LogP contribution in [0.1, 0.15) is 40.8 Å². The Morgan fingerprint density at radius 3 is 2.45 bits per heavy atom. The highest BCUT2D eigenvalue weighted by Gasteiger charge is 2.26. The van der Waals surface area contributed by atoms with Gasteiger partial charge in [0.05, 0.1) is 31.0 Å². The van der Waals surface area contributed by atoms with Gasteiger partial charge in [0.1, 0.15) is 29.5 Å². The standard InChI is InChI=1S/C43H47N5O5/c1-4-5-26-51-29-38-40(37(45-47(38)3)28-53-32-20-18-31(19-21-32)48-24-22-44-23-25-48)36-15-9-14-34-35(42(43(49)50)46(2)41(34)36)16-10-27-52-39-17-8-12-30-11-6-7-13-33(30)39/h4-9,11-15,17-21,44H,10,16,22-29H2,1-3H3,(H,49,50)/b5-4-. The Morgan fingerprint density at radius 2 is 1.66 bits per heavy atom. The Hall–Kier alpha value is -5.58. The average molecular weight is 714 g/mol. The van der Waals surface area contributed by atoms with E-state index in [9.17, 15) is 9.90 Å². The SMILES string of the molecule is C/C=C\COCc1c(-c2cccc3c(CCCOc4cccc5ccccc45)c(C(=O)O)n(C)c23)c(COc2ccc(N3CCNCC3)cc2)nn1C. The number of para-hydroxylation sites is 1. The maximum absolute atomic E-state index is 12.9. The van der Waals surface area contributed by atoms with E-state index >= 15 is 0 Å². The Morgan fingerprint density at radius 1 is 0.906 bits per heavy atom. The van der Waals surface area contributed by atoms with Crippen molar-refractivity contribution in [3.05, 3.63) is 120 Å². The number of allylic oxidation sites excluding steroid dienone is 1. The van der Waals surface area contributed by atoms with Gasteiger partial charge in [0.2, 0.25) is 0 Å². The Balaban J connectivity index is 1.19. The number of piperazine rings is 1. The molecule has 1 aliphatic rings. The number of hydrogen-bond acceptors (Lipinski definition) is 7. The van der Waals surface area contributed by atoms with Crippen LogP contribution in [-0.2, 0) is 38.5 Å². The third-order valence-corrected chi connectivity index (χ3v) is 9.99. The first kappa shape index (κ1) is 35.8. The summed E-state index contributed by atoms with van der Waals surface area (Å²) in [5, 5.41) is 22.0. The van der Waals surface area contributed by atoms with Gasteiger partial charge in [-0.3, -0.25) is 4.68 Å². The Kier molecular flexibility index (Phi) is 11.1. The molecular formula is C43H47N5O5. The highest BCUT2D eigenvalue weighted by molar-refractivity contribution is 6.04. The maximum Gasteiger partial charge on any atom is 0.352 e. The number of nitrogens with one attached hydrogen (secondary N) is 1. The molecule has 0 unspecified atom stereocenters. The summed E-state index contributed by atoms with van der Waals surface area (Å²) in [6.07, 6.45) is 5.12. The van der Waals surface area contributed by atoms with Crippen LogP contribution in [0.5, 0.6) is 11.5 Å². The summed E-state index contributed by atoms with van der Waals surface area (Å²) < 4.78 is 22.3. The van der Waals surface area contributed by atoms with E-state index in [1.165, 1.54) is 5.69 Å². The zero-order chi connectivity index (χ0) is 36.7. The van der Waals surface area contributed by atoms with Crippen molar-refractivity contribution in [3.63, 3.8) is 0 Å². The number of fused-ring (bicyclic) bond motifs is 2. The second kappa shape index (κ2) is 16.4. The molecule has 2 aromatic heterocycles. The largest absolute Gasteiger partial charge is 0.493 e. The Labute approximate surface area is 310 Å². The van der Waals surface area contributed by atoms with Gasteiger partial charge in [-0.1, -0.05) is 66.7 Å². The van der Waals surface area contributed by atoms with Crippen LogP contribution in [0.15, 0.2) is 97.1 Å². The predicted octanol–water partition coefficient (Wildman–Crippen LogP) is 7.52. The van der Waals surface area contributed by atoms with Crippen LogP contribution in [0.4, 0.5) is 5.69 Å². The van der Waals surface area contributed by atoms with Crippen molar-refractivity contribution in [2.24, 2.45) is 14.1 Å². The molecule has 274 valence electrons. The van der Waals surface area contributed by atoms with Gasteiger partial charge in [-0.25, -0.2) is 4.79 Å². The zero-order valence-corrected chi connectivity index (χ0v) is 30.7. The number of aromatic carboxylic acids is 1. The molecule has 1 fully saturated rings. The summed E-state index contributed by atoms with van der Waals surface area (Å²) in [5.41, 5.74) is 6.48. The number of hydrogen-bond donors (Lipinski definition) is 2. The lowest BCUT2D eigenvalue weighted by atomic mass is 9.98. The molecule has 6 aromatic rings. The van der Waals surface area contributed by atoms with Gasteiger partial charge in [-0.15, -0.1) is 0 Å². The summed E-state index contributed by atoms with van der Waals surface area (Å²) in [6.45, 7) is 7.36. The minimum absolute atomic E-state index is 0.232. The first-order valence-electron chi connectivity index (χ1n) is 18.3. The number of rotatable bonds is 15. The number of ether oxygens (including phenoxy) is 3. The fourth-order valence-corrected chi connectivity index (χ4v) is 7.42. The monoisotopic (exact) mass is 713 g/mol.